The van der Waals surface area contributed by atoms with Gasteiger partial charge in [-0.1, -0.05) is 6.92 Å². The number of halogens is 1. The first-order valence-electron chi connectivity index (χ1n) is 8.75. The maximum absolute atomic E-state index is 13.3. The lowest BCUT2D eigenvalue weighted by atomic mass is 9.98. The molecule has 0 atom stereocenters. The molecule has 2 aliphatic rings. The molecule has 1 aromatic carbocycles. The highest BCUT2D eigenvalue weighted by atomic mass is 32.2. The average Bonchev–Trinajstić information content (AvgIpc) is 3.13. The molecule has 2 aromatic rings. The van der Waals surface area contributed by atoms with Crippen LogP contribution in [0.2, 0.25) is 0 Å². The summed E-state index contributed by atoms with van der Waals surface area (Å²) >= 11 is 0. The zero-order chi connectivity index (χ0) is 18.5. The summed E-state index contributed by atoms with van der Waals surface area (Å²) in [5.41, 5.74) is 1.14. The third-order valence-electron chi connectivity index (χ3n) is 5.19. The van der Waals surface area contributed by atoms with Gasteiger partial charge in [0, 0.05) is 25.2 Å². The number of carbonyl (C=O) groups is 1. The Morgan fingerprint density at radius 1 is 1.15 bits per heavy atom. The summed E-state index contributed by atoms with van der Waals surface area (Å²) in [6.45, 7) is 3.68. The van der Waals surface area contributed by atoms with Gasteiger partial charge in [-0.2, -0.15) is 0 Å². The van der Waals surface area contributed by atoms with E-state index in [9.17, 15) is 17.6 Å². The Hall–Kier alpha value is -2.22. The normalized spacial score (nSPS) is 19.5. The number of benzene rings is 1. The van der Waals surface area contributed by atoms with Gasteiger partial charge >= 0.3 is 0 Å². The number of amides is 1. The van der Waals surface area contributed by atoms with Crippen LogP contribution in [0.4, 0.5) is 4.39 Å². The Labute approximate surface area is 151 Å². The minimum absolute atomic E-state index is 0.0453. The van der Waals surface area contributed by atoms with E-state index < -0.39 is 15.7 Å². The Morgan fingerprint density at radius 2 is 1.81 bits per heavy atom. The van der Waals surface area contributed by atoms with Crippen molar-refractivity contribution in [3.63, 3.8) is 0 Å². The molecular formula is C18H20FN3O3S. The van der Waals surface area contributed by atoms with E-state index in [0.717, 1.165) is 12.8 Å². The quantitative estimate of drug-likeness (QED) is 0.805. The number of nitrogens with zero attached hydrogens (tertiary/aromatic N) is 3. The summed E-state index contributed by atoms with van der Waals surface area (Å²) in [5, 5.41) is -0.0643. The molecule has 8 heteroatoms. The van der Waals surface area contributed by atoms with Gasteiger partial charge in [-0.3, -0.25) is 4.79 Å². The Kier molecular flexibility index (Phi) is 4.10. The van der Waals surface area contributed by atoms with Gasteiger partial charge in [-0.05, 0) is 43.0 Å². The number of hydrogen-bond acceptors (Lipinski definition) is 4. The van der Waals surface area contributed by atoms with Crippen LogP contribution in [-0.4, -0.2) is 47.6 Å². The van der Waals surface area contributed by atoms with Crippen molar-refractivity contribution < 1.29 is 17.6 Å². The van der Waals surface area contributed by atoms with Gasteiger partial charge in [0.15, 0.2) is 0 Å². The van der Waals surface area contributed by atoms with Crippen LogP contribution >= 0.6 is 0 Å². The molecule has 0 N–H and O–H groups in total. The maximum atomic E-state index is 13.3. The molecule has 3 heterocycles. The zero-order valence-electron chi connectivity index (χ0n) is 14.5. The van der Waals surface area contributed by atoms with Gasteiger partial charge in [0.05, 0.1) is 5.75 Å². The Balaban J connectivity index is 1.82. The molecule has 4 rings (SSSR count). The molecular weight excluding hydrogens is 357 g/mol. The second kappa shape index (κ2) is 6.19. The topological polar surface area (TPSA) is 72.3 Å². The largest absolute Gasteiger partial charge is 0.337 e. The van der Waals surface area contributed by atoms with Gasteiger partial charge in [0.25, 0.3) is 5.91 Å². The number of sulfone groups is 1. The number of rotatable bonds is 2. The van der Waals surface area contributed by atoms with Crippen molar-refractivity contribution in [2.75, 3.05) is 18.8 Å². The molecule has 0 spiro atoms. The van der Waals surface area contributed by atoms with Crippen molar-refractivity contribution in [1.29, 1.82) is 0 Å². The number of carbonyl (C=O) groups excluding carboxylic acids is 1. The summed E-state index contributed by atoms with van der Waals surface area (Å²) in [6.07, 6.45) is 1.85. The van der Waals surface area contributed by atoms with Gasteiger partial charge in [-0.15, -0.1) is 0 Å². The molecule has 1 amide bonds. The molecule has 0 radical (unpaired) electrons. The smallest absolute Gasteiger partial charge is 0.272 e. The molecule has 0 aliphatic carbocycles. The minimum atomic E-state index is -3.49. The summed E-state index contributed by atoms with van der Waals surface area (Å²) in [7, 11) is -3.49. The van der Waals surface area contributed by atoms with Crippen LogP contribution in [0.25, 0.3) is 11.3 Å². The third-order valence-corrected chi connectivity index (χ3v) is 6.77. The van der Waals surface area contributed by atoms with Crippen molar-refractivity contribution >= 4 is 15.7 Å². The van der Waals surface area contributed by atoms with Crippen LogP contribution in [0.1, 0.15) is 30.3 Å². The Morgan fingerprint density at radius 3 is 2.46 bits per heavy atom. The van der Waals surface area contributed by atoms with E-state index in [1.54, 1.807) is 4.90 Å². The first-order valence-corrected chi connectivity index (χ1v) is 10.4. The second-order valence-corrected chi connectivity index (χ2v) is 9.05. The molecule has 1 saturated heterocycles. The molecule has 0 unspecified atom stereocenters. The average molecular weight is 377 g/mol. The van der Waals surface area contributed by atoms with Crippen LogP contribution in [0.15, 0.2) is 29.4 Å². The molecule has 1 fully saturated rings. The number of fused-ring (bicyclic) bond motifs is 1. The van der Waals surface area contributed by atoms with Gasteiger partial charge in [0.2, 0.25) is 15.0 Å². The van der Waals surface area contributed by atoms with Crippen LogP contribution in [0, 0.1) is 11.7 Å². The fourth-order valence-corrected chi connectivity index (χ4v) is 4.92. The molecule has 2 aliphatic heterocycles. The highest BCUT2D eigenvalue weighted by molar-refractivity contribution is 7.91. The van der Waals surface area contributed by atoms with Crippen molar-refractivity contribution in [2.24, 2.45) is 5.92 Å². The predicted octanol–water partition coefficient (Wildman–Crippen LogP) is 2.35. The molecule has 1 aromatic heterocycles. The Bertz CT molecular complexity index is 958. The highest BCUT2D eigenvalue weighted by Gasteiger charge is 2.37. The molecule has 138 valence electrons. The number of imidazole rings is 1. The highest BCUT2D eigenvalue weighted by Crippen LogP contribution is 2.32. The van der Waals surface area contributed by atoms with Gasteiger partial charge in [-0.25, -0.2) is 17.8 Å². The van der Waals surface area contributed by atoms with Crippen LogP contribution in [0.3, 0.4) is 0 Å². The van der Waals surface area contributed by atoms with Gasteiger partial charge < -0.3 is 9.47 Å². The number of likely N-dealkylation sites (tertiary alicyclic amines) is 1. The van der Waals surface area contributed by atoms with Crippen molar-refractivity contribution in [3.05, 3.63) is 35.8 Å². The van der Waals surface area contributed by atoms with E-state index in [1.807, 2.05) is 0 Å². The predicted molar refractivity (Wildman–Crippen MR) is 94.0 cm³/mol. The summed E-state index contributed by atoms with van der Waals surface area (Å²) in [6, 6.07) is 5.61. The first-order chi connectivity index (χ1) is 12.4. The summed E-state index contributed by atoms with van der Waals surface area (Å²) in [5.74, 6) is -0.0682. The second-order valence-electron chi connectivity index (χ2n) is 7.04. The number of aromatic nitrogens is 2. The maximum Gasteiger partial charge on any atom is 0.272 e. The standard InChI is InChI=1S/C18H20FN3O3S/c1-12-6-8-21(9-7-12)17(23)16-15(13-2-4-14(19)5-3-13)20-18-22(16)10-11-26(18,24)25/h2-5,12H,6-11H2,1H3. The lowest BCUT2D eigenvalue weighted by molar-refractivity contribution is 0.0686. The van der Waals surface area contributed by atoms with Gasteiger partial charge in [0.1, 0.15) is 17.2 Å². The SMILES string of the molecule is CC1CCN(C(=O)c2c(-c3ccc(F)cc3)nc3n2CCS3(=O)=O)CC1. The van der Waals surface area contributed by atoms with E-state index in [1.165, 1.54) is 28.8 Å². The molecule has 26 heavy (non-hydrogen) atoms. The summed E-state index contributed by atoms with van der Waals surface area (Å²) in [4.78, 5) is 19.2. The van der Waals surface area contributed by atoms with Crippen molar-refractivity contribution in [2.45, 2.75) is 31.5 Å². The van der Waals surface area contributed by atoms with Crippen molar-refractivity contribution in [3.8, 4) is 11.3 Å². The molecule has 0 bridgehead atoms. The van der Waals surface area contributed by atoms with Crippen molar-refractivity contribution in [1.82, 2.24) is 14.5 Å². The van der Waals surface area contributed by atoms with E-state index in [2.05, 4.69) is 11.9 Å². The van der Waals surface area contributed by atoms with E-state index >= 15 is 0 Å². The summed E-state index contributed by atoms with van der Waals surface area (Å²) < 4.78 is 39.3. The fraction of sp³-hybridized carbons (Fsp3) is 0.444. The van der Waals surface area contributed by atoms with E-state index in [4.69, 9.17) is 0 Å². The van der Waals surface area contributed by atoms with Crippen LogP contribution in [-0.2, 0) is 16.4 Å². The lowest BCUT2D eigenvalue weighted by Crippen LogP contribution is -2.39. The lowest BCUT2D eigenvalue weighted by Gasteiger charge is -2.30. The molecule has 6 nitrogen and oxygen atoms in total. The zero-order valence-corrected chi connectivity index (χ0v) is 15.3. The van der Waals surface area contributed by atoms with Crippen LogP contribution in [0.5, 0.6) is 0 Å². The van der Waals surface area contributed by atoms with Crippen LogP contribution < -0.4 is 0 Å². The third kappa shape index (κ3) is 2.82. The first kappa shape index (κ1) is 17.2. The minimum Gasteiger partial charge on any atom is -0.337 e. The fourth-order valence-electron chi connectivity index (χ4n) is 3.57. The van der Waals surface area contributed by atoms with E-state index in [-0.39, 0.29) is 23.4 Å². The number of piperidine rings is 1. The monoisotopic (exact) mass is 377 g/mol. The van der Waals surface area contributed by atoms with E-state index in [0.29, 0.717) is 36.0 Å². The molecule has 0 saturated carbocycles. The number of hydrogen-bond donors (Lipinski definition) is 0.